The minimum Gasteiger partial charge on any atom is -0.456 e. The standard InChI is InChI=1S/C50H33NO/c1-4-14-34(15-5-1)35-24-26-38(27-25-35)51(47-31-30-40(36-16-6-2-7-17-36)41-20-10-12-22-43(41)47)39-28-29-45-48(32-39)52-49-33-46(37-18-8-3-9-19-37)42-21-11-13-23-44(42)50(45)49/h1-33H. The summed E-state index contributed by atoms with van der Waals surface area (Å²) in [6.07, 6.45) is 0. The summed E-state index contributed by atoms with van der Waals surface area (Å²) in [4.78, 5) is 2.37. The predicted molar refractivity (Wildman–Crippen MR) is 220 cm³/mol. The van der Waals surface area contributed by atoms with Gasteiger partial charge in [0.2, 0.25) is 0 Å². The third-order valence-corrected chi connectivity index (χ3v) is 10.3. The van der Waals surface area contributed by atoms with Gasteiger partial charge in [-0.15, -0.1) is 0 Å². The van der Waals surface area contributed by atoms with Crippen LogP contribution in [0, 0.1) is 0 Å². The Morgan fingerprint density at radius 3 is 1.50 bits per heavy atom. The molecule has 0 radical (unpaired) electrons. The SMILES string of the molecule is c1ccc(-c2ccc(N(c3ccc4c(c3)oc3cc(-c5ccccc5)c5ccccc5c34)c3ccc(-c4ccccc4)c4ccccc34)cc2)cc1. The zero-order valence-electron chi connectivity index (χ0n) is 28.4. The van der Waals surface area contributed by atoms with Crippen molar-refractivity contribution >= 4 is 60.5 Å². The van der Waals surface area contributed by atoms with Crippen molar-refractivity contribution in [2.24, 2.45) is 0 Å². The quantitative estimate of drug-likeness (QED) is 0.176. The molecule has 52 heavy (non-hydrogen) atoms. The fraction of sp³-hybridized carbons (Fsp3) is 0. The van der Waals surface area contributed by atoms with Gasteiger partial charge in [-0.3, -0.25) is 0 Å². The topological polar surface area (TPSA) is 16.4 Å². The first kappa shape index (κ1) is 30.0. The lowest BCUT2D eigenvalue weighted by atomic mass is 9.95. The van der Waals surface area contributed by atoms with Crippen molar-refractivity contribution in [2.45, 2.75) is 0 Å². The summed E-state index contributed by atoms with van der Waals surface area (Å²) >= 11 is 0. The van der Waals surface area contributed by atoms with Crippen LogP contribution in [-0.4, -0.2) is 0 Å². The molecule has 0 saturated heterocycles. The summed E-state index contributed by atoms with van der Waals surface area (Å²) in [5.74, 6) is 0. The highest BCUT2D eigenvalue weighted by molar-refractivity contribution is 6.22. The maximum Gasteiger partial charge on any atom is 0.137 e. The van der Waals surface area contributed by atoms with E-state index in [0.717, 1.165) is 39.0 Å². The monoisotopic (exact) mass is 663 g/mol. The summed E-state index contributed by atoms with van der Waals surface area (Å²) in [5.41, 5.74) is 12.1. The van der Waals surface area contributed by atoms with Gasteiger partial charge in [-0.05, 0) is 85.9 Å². The van der Waals surface area contributed by atoms with Gasteiger partial charge in [-0.2, -0.15) is 0 Å². The van der Waals surface area contributed by atoms with Crippen molar-refractivity contribution in [1.82, 2.24) is 0 Å². The molecule has 10 rings (SSSR count). The van der Waals surface area contributed by atoms with Gasteiger partial charge in [-0.1, -0.05) is 158 Å². The molecule has 244 valence electrons. The van der Waals surface area contributed by atoms with Gasteiger partial charge in [0.05, 0.1) is 5.69 Å². The molecule has 0 N–H and O–H groups in total. The molecular weight excluding hydrogens is 631 g/mol. The van der Waals surface area contributed by atoms with Crippen LogP contribution in [0.2, 0.25) is 0 Å². The summed E-state index contributed by atoms with van der Waals surface area (Å²) in [7, 11) is 0. The Morgan fingerprint density at radius 2 is 0.827 bits per heavy atom. The van der Waals surface area contributed by atoms with Crippen LogP contribution >= 0.6 is 0 Å². The van der Waals surface area contributed by atoms with Crippen LogP contribution in [0.3, 0.4) is 0 Å². The fourth-order valence-corrected chi connectivity index (χ4v) is 7.83. The second kappa shape index (κ2) is 12.5. The summed E-state index contributed by atoms with van der Waals surface area (Å²) in [6, 6.07) is 71.5. The molecule has 0 aliphatic heterocycles. The average molecular weight is 664 g/mol. The van der Waals surface area contributed by atoms with Crippen LogP contribution < -0.4 is 4.90 Å². The zero-order chi connectivity index (χ0) is 34.4. The highest BCUT2D eigenvalue weighted by Gasteiger charge is 2.20. The molecule has 0 amide bonds. The Hall–Kier alpha value is -6.90. The van der Waals surface area contributed by atoms with E-state index in [1.54, 1.807) is 0 Å². The van der Waals surface area contributed by atoms with E-state index in [9.17, 15) is 0 Å². The van der Waals surface area contributed by atoms with E-state index in [0.29, 0.717) is 0 Å². The molecule has 0 bridgehead atoms. The number of hydrogen-bond acceptors (Lipinski definition) is 2. The van der Waals surface area contributed by atoms with Crippen LogP contribution in [0.5, 0.6) is 0 Å². The smallest absolute Gasteiger partial charge is 0.137 e. The van der Waals surface area contributed by atoms with E-state index in [-0.39, 0.29) is 0 Å². The van der Waals surface area contributed by atoms with Crippen molar-refractivity contribution < 1.29 is 4.42 Å². The molecular formula is C50H33NO. The normalized spacial score (nSPS) is 11.5. The Labute approximate surface area is 302 Å². The molecule has 10 aromatic rings. The van der Waals surface area contributed by atoms with Gasteiger partial charge >= 0.3 is 0 Å². The molecule has 0 fully saturated rings. The second-order valence-corrected chi connectivity index (χ2v) is 13.3. The van der Waals surface area contributed by atoms with Gasteiger partial charge in [0.1, 0.15) is 11.2 Å². The number of anilines is 3. The maximum absolute atomic E-state index is 6.80. The predicted octanol–water partition coefficient (Wildman–Crippen LogP) is 14.4. The Kier molecular flexibility index (Phi) is 7.18. The molecule has 0 saturated carbocycles. The number of hydrogen-bond donors (Lipinski definition) is 0. The van der Waals surface area contributed by atoms with Crippen LogP contribution in [-0.2, 0) is 0 Å². The third-order valence-electron chi connectivity index (χ3n) is 10.3. The molecule has 0 spiro atoms. The molecule has 1 heterocycles. The lowest BCUT2D eigenvalue weighted by Crippen LogP contribution is -2.10. The first-order valence-electron chi connectivity index (χ1n) is 17.8. The maximum atomic E-state index is 6.80. The van der Waals surface area contributed by atoms with Crippen molar-refractivity contribution in [3.8, 4) is 33.4 Å². The van der Waals surface area contributed by atoms with Crippen LogP contribution in [0.25, 0.3) is 76.9 Å². The van der Waals surface area contributed by atoms with Gasteiger partial charge in [0, 0.05) is 33.6 Å². The lowest BCUT2D eigenvalue weighted by Gasteiger charge is -2.27. The first-order chi connectivity index (χ1) is 25.8. The molecule has 0 atom stereocenters. The van der Waals surface area contributed by atoms with Crippen molar-refractivity contribution in [1.29, 1.82) is 0 Å². The highest BCUT2D eigenvalue weighted by Crippen LogP contribution is 2.45. The van der Waals surface area contributed by atoms with Crippen molar-refractivity contribution in [3.05, 3.63) is 200 Å². The van der Waals surface area contributed by atoms with Crippen LogP contribution in [0.15, 0.2) is 205 Å². The summed E-state index contributed by atoms with van der Waals surface area (Å²) in [6.45, 7) is 0. The molecule has 0 unspecified atom stereocenters. The van der Waals surface area contributed by atoms with E-state index < -0.39 is 0 Å². The number of benzene rings is 9. The minimum atomic E-state index is 0.860. The molecule has 2 nitrogen and oxygen atoms in total. The number of furan rings is 1. The van der Waals surface area contributed by atoms with Gasteiger partial charge in [0.15, 0.2) is 0 Å². The van der Waals surface area contributed by atoms with Gasteiger partial charge < -0.3 is 9.32 Å². The number of fused-ring (bicyclic) bond motifs is 6. The largest absolute Gasteiger partial charge is 0.456 e. The molecule has 1 aromatic heterocycles. The number of rotatable bonds is 6. The van der Waals surface area contributed by atoms with E-state index in [2.05, 4.69) is 205 Å². The molecule has 9 aromatic carbocycles. The van der Waals surface area contributed by atoms with Crippen LogP contribution in [0.1, 0.15) is 0 Å². The third kappa shape index (κ3) is 5.04. The Bertz CT molecular complexity index is 2870. The Morgan fingerprint density at radius 1 is 0.308 bits per heavy atom. The average Bonchev–Trinajstić information content (AvgIpc) is 3.60. The van der Waals surface area contributed by atoms with E-state index in [1.807, 2.05) is 0 Å². The van der Waals surface area contributed by atoms with E-state index in [4.69, 9.17) is 4.42 Å². The molecule has 2 heteroatoms. The highest BCUT2D eigenvalue weighted by atomic mass is 16.3. The first-order valence-corrected chi connectivity index (χ1v) is 17.8. The van der Waals surface area contributed by atoms with Gasteiger partial charge in [0.25, 0.3) is 0 Å². The Balaban J connectivity index is 1.19. The summed E-state index contributed by atoms with van der Waals surface area (Å²) in [5, 5.41) is 7.06. The molecule has 0 aliphatic carbocycles. The fourth-order valence-electron chi connectivity index (χ4n) is 7.83. The lowest BCUT2D eigenvalue weighted by molar-refractivity contribution is 0.669. The second-order valence-electron chi connectivity index (χ2n) is 13.3. The van der Waals surface area contributed by atoms with Crippen LogP contribution in [0.4, 0.5) is 17.1 Å². The number of nitrogens with zero attached hydrogens (tertiary/aromatic N) is 1. The zero-order valence-corrected chi connectivity index (χ0v) is 28.4. The minimum absolute atomic E-state index is 0.860. The summed E-state index contributed by atoms with van der Waals surface area (Å²) < 4.78 is 6.80. The molecule has 0 aliphatic rings. The van der Waals surface area contributed by atoms with Gasteiger partial charge in [-0.25, -0.2) is 0 Å². The van der Waals surface area contributed by atoms with Crippen molar-refractivity contribution in [3.63, 3.8) is 0 Å². The van der Waals surface area contributed by atoms with E-state index >= 15 is 0 Å². The van der Waals surface area contributed by atoms with Crippen molar-refractivity contribution in [2.75, 3.05) is 4.90 Å². The van der Waals surface area contributed by atoms with E-state index in [1.165, 1.54) is 54.9 Å².